The molecule has 0 saturated carbocycles. The lowest BCUT2D eigenvalue weighted by atomic mass is 9.81. The molecule has 40 heavy (non-hydrogen) atoms. The second-order valence-corrected chi connectivity index (χ2v) is 11.0. The Morgan fingerprint density at radius 1 is 0.800 bits per heavy atom. The summed E-state index contributed by atoms with van der Waals surface area (Å²) in [6, 6.07) is 30.6. The van der Waals surface area contributed by atoms with E-state index in [0.29, 0.717) is 29.5 Å². The number of allylic oxidation sites excluding steroid dienone is 3. The predicted octanol–water partition coefficient (Wildman–Crippen LogP) is 7.98. The van der Waals surface area contributed by atoms with E-state index in [0.717, 1.165) is 34.4 Å². The van der Waals surface area contributed by atoms with E-state index in [1.807, 2.05) is 12.3 Å². The van der Waals surface area contributed by atoms with Crippen molar-refractivity contribution in [3.05, 3.63) is 127 Å². The Kier molecular flexibility index (Phi) is 5.24. The van der Waals surface area contributed by atoms with Gasteiger partial charge in [0.25, 0.3) is 0 Å². The molecule has 3 aliphatic rings. The lowest BCUT2D eigenvalue weighted by Crippen LogP contribution is -2.38. The van der Waals surface area contributed by atoms with Crippen molar-refractivity contribution >= 4 is 27.5 Å². The van der Waals surface area contributed by atoms with Gasteiger partial charge in [-0.25, -0.2) is 0 Å². The van der Waals surface area contributed by atoms with Crippen LogP contribution in [0.1, 0.15) is 18.4 Å². The molecule has 1 fully saturated rings. The molecule has 0 bridgehead atoms. The van der Waals surface area contributed by atoms with Crippen LogP contribution in [0.2, 0.25) is 0 Å². The third-order valence-corrected chi connectivity index (χ3v) is 8.98. The van der Waals surface area contributed by atoms with Crippen LogP contribution in [0.15, 0.2) is 122 Å². The number of anilines is 1. The second-order valence-electron chi connectivity index (χ2n) is 11.0. The van der Waals surface area contributed by atoms with Crippen LogP contribution < -0.4 is 4.90 Å². The van der Waals surface area contributed by atoms with Crippen molar-refractivity contribution in [1.29, 1.82) is 5.26 Å². The van der Waals surface area contributed by atoms with Crippen molar-refractivity contribution < 1.29 is 0 Å². The summed E-state index contributed by atoms with van der Waals surface area (Å²) in [5.74, 6) is 1.03. The standard InChI is InChI=1S/C36H28N4/c37-23-25-21-24(17-18-32(25)40-35-15-7-3-11-29(35)30-12-4-8-16-36(30)40)31-22-26(19-20-38-31)39-33-13-5-1-9-27(33)28-10-2-6-14-34(28)39/h1-5,7-13,15-22,27-28,33-34H,6,14H2. The van der Waals surface area contributed by atoms with Crippen LogP contribution in [0.25, 0.3) is 38.8 Å². The monoisotopic (exact) mass is 516 g/mol. The van der Waals surface area contributed by atoms with Crippen LogP contribution in [-0.4, -0.2) is 21.6 Å². The van der Waals surface area contributed by atoms with E-state index in [1.165, 1.54) is 22.9 Å². The molecule has 2 aromatic heterocycles. The molecule has 2 aliphatic carbocycles. The molecule has 0 N–H and O–H groups in total. The Morgan fingerprint density at radius 3 is 2.38 bits per heavy atom. The zero-order chi connectivity index (χ0) is 26.6. The number of fused-ring (bicyclic) bond motifs is 6. The molecule has 4 heteroatoms. The first-order valence-electron chi connectivity index (χ1n) is 14.1. The Labute approximate surface area is 233 Å². The molecule has 0 radical (unpaired) electrons. The maximum absolute atomic E-state index is 10.3. The quantitative estimate of drug-likeness (QED) is 0.228. The van der Waals surface area contributed by atoms with Crippen LogP contribution >= 0.6 is 0 Å². The van der Waals surface area contributed by atoms with E-state index >= 15 is 0 Å². The van der Waals surface area contributed by atoms with Crippen LogP contribution in [0.5, 0.6) is 0 Å². The van der Waals surface area contributed by atoms with Gasteiger partial charge in [-0.15, -0.1) is 0 Å². The number of nitrogens with zero attached hydrogens (tertiary/aromatic N) is 4. The summed E-state index contributed by atoms with van der Waals surface area (Å²) >= 11 is 0. The molecular weight excluding hydrogens is 488 g/mol. The number of pyridine rings is 1. The average molecular weight is 517 g/mol. The van der Waals surface area contributed by atoms with E-state index in [2.05, 4.69) is 125 Å². The third-order valence-electron chi connectivity index (χ3n) is 8.98. The largest absolute Gasteiger partial charge is 0.361 e. The van der Waals surface area contributed by atoms with Gasteiger partial charge in [0.2, 0.25) is 0 Å². The minimum absolute atomic E-state index is 0.352. The maximum atomic E-state index is 10.3. The highest BCUT2D eigenvalue weighted by molar-refractivity contribution is 6.09. The van der Waals surface area contributed by atoms with Gasteiger partial charge in [0.15, 0.2) is 0 Å². The fourth-order valence-electron chi connectivity index (χ4n) is 7.28. The Bertz CT molecular complexity index is 1860. The van der Waals surface area contributed by atoms with Gasteiger partial charge >= 0.3 is 0 Å². The Hall–Kier alpha value is -4.88. The summed E-state index contributed by atoms with van der Waals surface area (Å²) < 4.78 is 2.21. The van der Waals surface area contributed by atoms with Crippen molar-refractivity contribution in [2.75, 3.05) is 4.90 Å². The molecular formula is C36H28N4. The SMILES string of the molecule is N#Cc1cc(-c2cc(N3C4C=CC=CC4C4C=CCCC43)ccn2)ccc1-n1c2ccccc2c2ccccc21. The summed E-state index contributed by atoms with van der Waals surface area (Å²) in [5.41, 5.74) is 6.77. The zero-order valence-corrected chi connectivity index (χ0v) is 22.1. The minimum Gasteiger partial charge on any atom is -0.361 e. The van der Waals surface area contributed by atoms with E-state index in [9.17, 15) is 5.26 Å². The molecule has 4 nitrogen and oxygen atoms in total. The summed E-state index contributed by atoms with van der Waals surface area (Å²) in [6.45, 7) is 0. The van der Waals surface area contributed by atoms with Crippen molar-refractivity contribution in [3.8, 4) is 23.0 Å². The Morgan fingerprint density at radius 2 is 1.57 bits per heavy atom. The molecule has 0 spiro atoms. The van der Waals surface area contributed by atoms with Gasteiger partial charge < -0.3 is 9.47 Å². The highest BCUT2D eigenvalue weighted by Gasteiger charge is 2.46. The Balaban J connectivity index is 1.22. The molecule has 3 heterocycles. The molecule has 1 saturated heterocycles. The van der Waals surface area contributed by atoms with Gasteiger partial charge in [-0.1, -0.05) is 78.9 Å². The van der Waals surface area contributed by atoms with Crippen LogP contribution in [0.3, 0.4) is 0 Å². The minimum atomic E-state index is 0.352. The number of hydrogen-bond acceptors (Lipinski definition) is 3. The molecule has 5 aromatic rings. The van der Waals surface area contributed by atoms with Gasteiger partial charge in [-0.2, -0.15) is 5.26 Å². The topological polar surface area (TPSA) is 44.9 Å². The van der Waals surface area contributed by atoms with E-state index in [4.69, 9.17) is 4.98 Å². The first kappa shape index (κ1) is 23.0. The number of aromatic nitrogens is 2. The second kappa shape index (κ2) is 9.10. The lowest BCUT2D eigenvalue weighted by Gasteiger charge is -2.34. The fraction of sp³-hybridized carbons (Fsp3) is 0.167. The predicted molar refractivity (Wildman–Crippen MR) is 162 cm³/mol. The zero-order valence-electron chi connectivity index (χ0n) is 22.1. The summed E-state index contributed by atoms with van der Waals surface area (Å²) in [4.78, 5) is 7.38. The third kappa shape index (κ3) is 3.41. The molecule has 0 amide bonds. The molecule has 192 valence electrons. The number of benzene rings is 3. The summed E-state index contributed by atoms with van der Waals surface area (Å²) in [6.07, 6.45) is 18.1. The van der Waals surface area contributed by atoms with Crippen molar-refractivity contribution in [2.45, 2.75) is 24.9 Å². The number of para-hydroxylation sites is 2. The summed E-state index contributed by atoms with van der Waals surface area (Å²) in [5, 5.41) is 12.7. The van der Waals surface area contributed by atoms with Crippen molar-refractivity contribution in [1.82, 2.24) is 9.55 Å². The van der Waals surface area contributed by atoms with Gasteiger partial charge in [-0.05, 0) is 49.2 Å². The van der Waals surface area contributed by atoms with E-state index in [-0.39, 0.29) is 0 Å². The van der Waals surface area contributed by atoms with E-state index in [1.54, 1.807) is 0 Å². The first-order chi connectivity index (χ1) is 19.8. The van der Waals surface area contributed by atoms with E-state index < -0.39 is 0 Å². The van der Waals surface area contributed by atoms with Crippen LogP contribution in [0.4, 0.5) is 5.69 Å². The van der Waals surface area contributed by atoms with Gasteiger partial charge in [0, 0.05) is 46.1 Å². The molecule has 4 atom stereocenters. The molecule has 4 unspecified atom stereocenters. The number of hydrogen-bond donors (Lipinski definition) is 0. The first-order valence-corrected chi connectivity index (χ1v) is 14.1. The van der Waals surface area contributed by atoms with Crippen LogP contribution in [0, 0.1) is 23.2 Å². The summed E-state index contributed by atoms with van der Waals surface area (Å²) in [7, 11) is 0. The molecule has 1 aliphatic heterocycles. The van der Waals surface area contributed by atoms with Crippen molar-refractivity contribution in [2.24, 2.45) is 11.8 Å². The number of nitriles is 1. The fourth-order valence-corrected chi connectivity index (χ4v) is 7.28. The molecule has 3 aromatic carbocycles. The highest BCUT2D eigenvalue weighted by Crippen LogP contribution is 2.46. The smallest absolute Gasteiger partial charge is 0.101 e. The lowest BCUT2D eigenvalue weighted by molar-refractivity contribution is 0.458. The van der Waals surface area contributed by atoms with Gasteiger partial charge in [0.05, 0.1) is 34.0 Å². The maximum Gasteiger partial charge on any atom is 0.101 e. The van der Waals surface area contributed by atoms with Gasteiger partial charge in [-0.3, -0.25) is 4.98 Å². The van der Waals surface area contributed by atoms with Crippen molar-refractivity contribution in [3.63, 3.8) is 0 Å². The number of rotatable bonds is 3. The highest BCUT2D eigenvalue weighted by atomic mass is 15.2. The normalized spacial score (nSPS) is 22.9. The van der Waals surface area contributed by atoms with Crippen LogP contribution in [-0.2, 0) is 0 Å². The molecule has 8 rings (SSSR count). The van der Waals surface area contributed by atoms with Gasteiger partial charge in [0.1, 0.15) is 6.07 Å². The average Bonchev–Trinajstić information content (AvgIpc) is 3.54.